The minimum Gasteiger partial charge on any atom is -0.385 e. The Balaban J connectivity index is 3.35. The van der Waals surface area contributed by atoms with Gasteiger partial charge in [-0.15, -0.1) is 0 Å². The Bertz CT molecular complexity index is 391. The summed E-state index contributed by atoms with van der Waals surface area (Å²) in [4.78, 5) is 10.3. The number of aliphatic hydroxyl groups is 1. The lowest BCUT2D eigenvalue weighted by Crippen LogP contribution is -2.25. The van der Waals surface area contributed by atoms with Gasteiger partial charge in [0.05, 0.1) is 15.6 Å². The first-order valence-electron chi connectivity index (χ1n) is 4.20. The maximum absolute atomic E-state index is 13.5. The second-order valence-corrected chi connectivity index (χ2v) is 4.22. The zero-order valence-corrected chi connectivity index (χ0v) is 9.51. The van der Waals surface area contributed by atoms with Crippen molar-refractivity contribution in [3.8, 4) is 0 Å². The molecule has 0 heterocycles. The van der Waals surface area contributed by atoms with Crippen LogP contribution in [0.1, 0.15) is 18.9 Å². The minimum absolute atomic E-state index is 0.0464. The third-order valence-corrected chi connectivity index (χ3v) is 2.68. The number of aldehydes is 1. The normalized spacial score (nSPS) is 14.7. The highest BCUT2D eigenvalue weighted by molar-refractivity contribution is 9.10. The van der Waals surface area contributed by atoms with Crippen LogP contribution in [0.3, 0.4) is 0 Å². The summed E-state index contributed by atoms with van der Waals surface area (Å²) < 4.78 is 26.9. The number of hydrogen-bond acceptors (Lipinski definition) is 2. The first kappa shape index (κ1) is 12.3. The van der Waals surface area contributed by atoms with E-state index in [0.29, 0.717) is 6.29 Å². The molecule has 0 bridgehead atoms. The molecule has 1 aromatic carbocycles. The Labute approximate surface area is 94.0 Å². The average molecular weight is 279 g/mol. The fraction of sp³-hybridized carbons (Fsp3) is 0.300. The van der Waals surface area contributed by atoms with Crippen molar-refractivity contribution in [3.05, 3.63) is 33.8 Å². The molecule has 0 amide bonds. The maximum Gasteiger partial charge on any atom is 0.146 e. The van der Waals surface area contributed by atoms with E-state index in [1.807, 2.05) is 0 Å². The van der Waals surface area contributed by atoms with Gasteiger partial charge < -0.3 is 9.90 Å². The van der Waals surface area contributed by atoms with Crippen LogP contribution in [-0.2, 0) is 10.4 Å². The van der Waals surface area contributed by atoms with Gasteiger partial charge in [-0.05, 0) is 35.0 Å². The molecule has 82 valence electrons. The first-order chi connectivity index (χ1) is 6.90. The lowest BCUT2D eigenvalue weighted by molar-refractivity contribution is -0.112. The summed E-state index contributed by atoms with van der Waals surface area (Å²) in [5.41, 5.74) is -2.33. The molecule has 5 heteroatoms. The summed E-state index contributed by atoms with van der Waals surface area (Å²) in [6.45, 7) is 1.19. The SMILES string of the molecule is CC(O)(CC=O)c1c(F)ccc(Br)c1F. The van der Waals surface area contributed by atoms with Crippen LogP contribution >= 0.6 is 15.9 Å². The number of carbonyl (C=O) groups excluding carboxylic acids is 1. The third-order valence-electron chi connectivity index (χ3n) is 2.06. The second-order valence-electron chi connectivity index (χ2n) is 3.36. The summed E-state index contributed by atoms with van der Waals surface area (Å²) in [7, 11) is 0. The van der Waals surface area contributed by atoms with Crippen molar-refractivity contribution in [2.24, 2.45) is 0 Å². The van der Waals surface area contributed by atoms with Crippen molar-refractivity contribution in [2.75, 3.05) is 0 Å². The molecule has 1 unspecified atom stereocenters. The second kappa shape index (κ2) is 4.37. The van der Waals surface area contributed by atoms with Gasteiger partial charge in [-0.2, -0.15) is 0 Å². The fourth-order valence-electron chi connectivity index (χ4n) is 1.29. The number of benzene rings is 1. The van der Waals surface area contributed by atoms with E-state index in [9.17, 15) is 18.7 Å². The molecule has 1 rings (SSSR count). The van der Waals surface area contributed by atoms with Crippen molar-refractivity contribution < 1.29 is 18.7 Å². The van der Waals surface area contributed by atoms with Crippen molar-refractivity contribution in [3.63, 3.8) is 0 Å². The highest BCUT2D eigenvalue weighted by Gasteiger charge is 2.30. The molecular weight excluding hydrogens is 270 g/mol. The molecule has 0 aliphatic heterocycles. The Morgan fingerprint density at radius 2 is 2.13 bits per heavy atom. The van der Waals surface area contributed by atoms with E-state index in [0.717, 1.165) is 6.07 Å². The maximum atomic E-state index is 13.5. The van der Waals surface area contributed by atoms with Gasteiger partial charge in [0.25, 0.3) is 0 Å². The minimum atomic E-state index is -1.83. The van der Waals surface area contributed by atoms with Crippen LogP contribution in [-0.4, -0.2) is 11.4 Å². The van der Waals surface area contributed by atoms with Gasteiger partial charge in [-0.3, -0.25) is 0 Å². The summed E-state index contributed by atoms with van der Waals surface area (Å²) in [5.74, 6) is -1.76. The number of rotatable bonds is 3. The largest absolute Gasteiger partial charge is 0.385 e. The molecule has 1 N–H and O–H groups in total. The van der Waals surface area contributed by atoms with Gasteiger partial charge in [-0.25, -0.2) is 8.78 Å². The average Bonchev–Trinajstić information content (AvgIpc) is 2.11. The Morgan fingerprint density at radius 3 is 2.67 bits per heavy atom. The van der Waals surface area contributed by atoms with Crippen molar-refractivity contribution in [1.29, 1.82) is 0 Å². The standard InChI is InChI=1S/C10H9BrF2O2/c1-10(15,4-5-14)8-7(12)3-2-6(11)9(8)13/h2-3,5,15H,4H2,1H3. The summed E-state index contributed by atoms with van der Waals surface area (Å²) >= 11 is 2.88. The topological polar surface area (TPSA) is 37.3 Å². The lowest BCUT2D eigenvalue weighted by Gasteiger charge is -2.22. The van der Waals surface area contributed by atoms with Crippen LogP contribution in [0.4, 0.5) is 8.78 Å². The van der Waals surface area contributed by atoms with Gasteiger partial charge in [0, 0.05) is 6.42 Å². The summed E-state index contributed by atoms with van der Waals surface area (Å²) in [5, 5.41) is 9.74. The molecule has 0 spiro atoms. The van der Waals surface area contributed by atoms with Crippen LogP contribution in [0.15, 0.2) is 16.6 Å². The third kappa shape index (κ3) is 2.41. The van der Waals surface area contributed by atoms with Gasteiger partial charge in [0.1, 0.15) is 17.9 Å². The zero-order valence-electron chi connectivity index (χ0n) is 7.93. The first-order valence-corrected chi connectivity index (χ1v) is 4.99. The highest BCUT2D eigenvalue weighted by Crippen LogP contribution is 2.32. The van der Waals surface area contributed by atoms with Crippen LogP contribution in [0.5, 0.6) is 0 Å². The molecule has 0 saturated carbocycles. The molecule has 0 saturated heterocycles. The van der Waals surface area contributed by atoms with Crippen LogP contribution in [0.25, 0.3) is 0 Å². The van der Waals surface area contributed by atoms with Crippen LogP contribution in [0, 0.1) is 11.6 Å². The summed E-state index contributed by atoms with van der Waals surface area (Å²) in [6, 6.07) is 2.23. The molecule has 1 aromatic rings. The van der Waals surface area contributed by atoms with E-state index in [1.54, 1.807) is 0 Å². The molecule has 2 nitrogen and oxygen atoms in total. The molecular formula is C10H9BrF2O2. The molecule has 15 heavy (non-hydrogen) atoms. The fourth-order valence-corrected chi connectivity index (χ4v) is 1.62. The van der Waals surface area contributed by atoms with E-state index >= 15 is 0 Å². The predicted molar refractivity (Wildman–Crippen MR) is 54.3 cm³/mol. The molecule has 0 aliphatic carbocycles. The Kier molecular flexibility index (Phi) is 3.57. The monoisotopic (exact) mass is 278 g/mol. The van der Waals surface area contributed by atoms with Crippen molar-refractivity contribution in [2.45, 2.75) is 18.9 Å². The van der Waals surface area contributed by atoms with Crippen molar-refractivity contribution >= 4 is 22.2 Å². The Morgan fingerprint density at radius 1 is 1.53 bits per heavy atom. The van der Waals surface area contributed by atoms with E-state index in [2.05, 4.69) is 15.9 Å². The molecule has 0 aliphatic rings. The Hall–Kier alpha value is -0.810. The molecule has 0 aromatic heterocycles. The van der Waals surface area contributed by atoms with Crippen LogP contribution < -0.4 is 0 Å². The lowest BCUT2D eigenvalue weighted by atomic mass is 9.92. The van der Waals surface area contributed by atoms with Gasteiger partial charge in [-0.1, -0.05) is 0 Å². The summed E-state index contributed by atoms with van der Waals surface area (Å²) in [6.07, 6.45) is 0.0527. The smallest absolute Gasteiger partial charge is 0.146 e. The van der Waals surface area contributed by atoms with E-state index in [-0.39, 0.29) is 10.9 Å². The quantitative estimate of drug-likeness (QED) is 0.682. The molecule has 0 fully saturated rings. The molecule has 0 radical (unpaired) electrons. The predicted octanol–water partition coefficient (Wildman–Crippen LogP) is 2.52. The highest BCUT2D eigenvalue weighted by atomic mass is 79.9. The number of carbonyl (C=O) groups is 1. The van der Waals surface area contributed by atoms with E-state index in [1.165, 1.54) is 13.0 Å². The van der Waals surface area contributed by atoms with E-state index < -0.39 is 22.8 Å². The van der Waals surface area contributed by atoms with Gasteiger partial charge in [0.15, 0.2) is 0 Å². The molecule has 1 atom stereocenters. The zero-order chi connectivity index (χ0) is 11.6. The number of hydrogen-bond donors (Lipinski definition) is 1. The van der Waals surface area contributed by atoms with Gasteiger partial charge in [0.2, 0.25) is 0 Å². The van der Waals surface area contributed by atoms with E-state index in [4.69, 9.17) is 0 Å². The number of halogens is 3. The van der Waals surface area contributed by atoms with Crippen molar-refractivity contribution in [1.82, 2.24) is 0 Å². The van der Waals surface area contributed by atoms with Crippen LogP contribution in [0.2, 0.25) is 0 Å². The van der Waals surface area contributed by atoms with Gasteiger partial charge >= 0.3 is 0 Å².